The minimum atomic E-state index is -1.79. The molecular formula is C9H16O5. The molecule has 0 aromatic heterocycles. The van der Waals surface area contributed by atoms with Crippen molar-refractivity contribution < 1.29 is 25.2 Å². The summed E-state index contributed by atoms with van der Waals surface area (Å²) < 4.78 is 0. The van der Waals surface area contributed by atoms with Gasteiger partial charge >= 0.3 is 0 Å². The van der Waals surface area contributed by atoms with E-state index in [9.17, 15) is 15.0 Å². The average Bonchev–Trinajstić information content (AvgIpc) is 2.99. The van der Waals surface area contributed by atoms with Crippen molar-refractivity contribution in [2.75, 3.05) is 13.2 Å². The Hall–Kier alpha value is -0.490. The monoisotopic (exact) mass is 204 g/mol. The summed E-state index contributed by atoms with van der Waals surface area (Å²) in [6.07, 6.45) is 0.402. The Kier molecular flexibility index (Phi) is 3.60. The number of aliphatic hydroxyl groups excluding tert-OH is 3. The van der Waals surface area contributed by atoms with Crippen LogP contribution in [0.3, 0.4) is 0 Å². The van der Waals surface area contributed by atoms with E-state index in [1.807, 2.05) is 0 Å². The van der Waals surface area contributed by atoms with Crippen molar-refractivity contribution in [3.05, 3.63) is 0 Å². The van der Waals surface area contributed by atoms with E-state index >= 15 is 0 Å². The molecule has 4 N–H and O–H groups in total. The van der Waals surface area contributed by atoms with Crippen molar-refractivity contribution in [1.82, 2.24) is 0 Å². The highest BCUT2D eigenvalue weighted by atomic mass is 16.4. The van der Waals surface area contributed by atoms with Gasteiger partial charge in [-0.2, -0.15) is 0 Å². The fraction of sp³-hybridized carbons (Fsp3) is 0.889. The molecule has 1 aliphatic rings. The van der Waals surface area contributed by atoms with Crippen LogP contribution in [0.25, 0.3) is 0 Å². The van der Waals surface area contributed by atoms with Gasteiger partial charge in [0.1, 0.15) is 18.3 Å². The third kappa shape index (κ3) is 2.51. The largest absolute Gasteiger partial charge is 0.393 e. The first-order valence-electron chi connectivity index (χ1n) is 4.68. The lowest BCUT2D eigenvalue weighted by atomic mass is 9.89. The van der Waals surface area contributed by atoms with Crippen LogP contribution in [0.1, 0.15) is 19.3 Å². The maximum atomic E-state index is 10.9. The van der Waals surface area contributed by atoms with E-state index in [0.29, 0.717) is 0 Å². The average molecular weight is 204 g/mol. The van der Waals surface area contributed by atoms with E-state index in [1.165, 1.54) is 0 Å². The number of aliphatic hydroxyl groups is 4. The zero-order valence-electron chi connectivity index (χ0n) is 7.89. The van der Waals surface area contributed by atoms with Crippen LogP contribution in [0.15, 0.2) is 0 Å². The fourth-order valence-corrected chi connectivity index (χ4v) is 1.47. The molecule has 1 fully saturated rings. The van der Waals surface area contributed by atoms with Crippen molar-refractivity contribution in [3.8, 4) is 0 Å². The first kappa shape index (κ1) is 11.6. The number of ketones is 1. The molecule has 0 spiro atoms. The molecule has 0 aliphatic heterocycles. The number of hydrogen-bond acceptors (Lipinski definition) is 5. The molecule has 14 heavy (non-hydrogen) atoms. The maximum Gasteiger partial charge on any atom is 0.189 e. The van der Waals surface area contributed by atoms with E-state index in [4.69, 9.17) is 10.2 Å². The van der Waals surface area contributed by atoms with Crippen molar-refractivity contribution in [1.29, 1.82) is 0 Å². The normalized spacial score (nSPS) is 22.9. The summed E-state index contributed by atoms with van der Waals surface area (Å²) in [4.78, 5) is 10.9. The van der Waals surface area contributed by atoms with Crippen LogP contribution >= 0.6 is 0 Å². The van der Waals surface area contributed by atoms with Crippen LogP contribution in [-0.2, 0) is 4.79 Å². The Labute approximate surface area is 82.0 Å². The van der Waals surface area contributed by atoms with Crippen molar-refractivity contribution in [2.24, 2.45) is 5.92 Å². The third-order valence-electron chi connectivity index (χ3n) is 2.58. The van der Waals surface area contributed by atoms with Gasteiger partial charge < -0.3 is 20.4 Å². The number of carbonyl (C=O) groups excluding carboxylic acids is 1. The molecule has 2 atom stereocenters. The highest BCUT2D eigenvalue weighted by Crippen LogP contribution is 2.37. The Bertz CT molecular complexity index is 213. The zero-order valence-corrected chi connectivity index (χ0v) is 7.89. The Morgan fingerprint density at radius 3 is 2.36 bits per heavy atom. The van der Waals surface area contributed by atoms with Crippen molar-refractivity contribution >= 4 is 5.78 Å². The summed E-state index contributed by atoms with van der Waals surface area (Å²) in [6.45, 7) is -1.50. The molecule has 2 unspecified atom stereocenters. The van der Waals surface area contributed by atoms with E-state index in [-0.39, 0.29) is 12.3 Å². The van der Waals surface area contributed by atoms with Crippen molar-refractivity contribution in [3.63, 3.8) is 0 Å². The van der Waals surface area contributed by atoms with Gasteiger partial charge in [0.15, 0.2) is 5.78 Å². The Balaban J connectivity index is 2.60. The maximum absolute atomic E-state index is 10.9. The smallest absolute Gasteiger partial charge is 0.189 e. The molecule has 82 valence electrons. The van der Waals surface area contributed by atoms with Crippen LogP contribution < -0.4 is 0 Å². The number of Topliss-reactive ketones (excluding diaryl/α,β-unsaturated/α-hetero) is 1. The highest BCUT2D eigenvalue weighted by Gasteiger charge is 2.43. The van der Waals surface area contributed by atoms with Gasteiger partial charge in [0, 0.05) is 0 Å². The van der Waals surface area contributed by atoms with E-state index in [2.05, 4.69) is 0 Å². The SMILES string of the molecule is O=C(CO)C(O)C(O)(CO)CC1CC1. The van der Waals surface area contributed by atoms with Gasteiger partial charge in [0.05, 0.1) is 6.61 Å². The molecule has 5 heteroatoms. The van der Waals surface area contributed by atoms with Gasteiger partial charge in [-0.15, -0.1) is 0 Å². The lowest BCUT2D eigenvalue weighted by Gasteiger charge is -2.29. The lowest BCUT2D eigenvalue weighted by Crippen LogP contribution is -2.51. The lowest BCUT2D eigenvalue weighted by molar-refractivity contribution is -0.154. The van der Waals surface area contributed by atoms with Gasteiger partial charge in [-0.05, 0) is 12.3 Å². The summed E-state index contributed by atoms with van der Waals surface area (Å²) in [5.74, 6) is -0.588. The van der Waals surface area contributed by atoms with Crippen molar-refractivity contribution in [2.45, 2.75) is 31.0 Å². The molecule has 1 saturated carbocycles. The quantitative estimate of drug-likeness (QED) is 0.419. The predicted octanol–water partition coefficient (Wildman–Crippen LogP) is -1.57. The molecular weight excluding hydrogens is 188 g/mol. The second-order valence-corrected chi connectivity index (χ2v) is 3.94. The molecule has 0 bridgehead atoms. The molecule has 0 aromatic rings. The minimum absolute atomic E-state index is 0.205. The molecule has 0 heterocycles. The third-order valence-corrected chi connectivity index (χ3v) is 2.58. The molecule has 1 rings (SSSR count). The molecule has 0 radical (unpaired) electrons. The topological polar surface area (TPSA) is 98.0 Å². The Morgan fingerprint density at radius 2 is 2.00 bits per heavy atom. The number of carbonyl (C=O) groups is 1. The molecule has 0 amide bonds. The second kappa shape index (κ2) is 4.35. The van der Waals surface area contributed by atoms with E-state index in [1.54, 1.807) is 0 Å². The zero-order chi connectivity index (χ0) is 10.8. The van der Waals surface area contributed by atoms with Gasteiger partial charge in [0.2, 0.25) is 0 Å². The van der Waals surface area contributed by atoms with Crippen LogP contribution in [0.5, 0.6) is 0 Å². The molecule has 0 aromatic carbocycles. The highest BCUT2D eigenvalue weighted by molar-refractivity contribution is 5.85. The summed E-state index contributed by atoms with van der Waals surface area (Å²) >= 11 is 0. The van der Waals surface area contributed by atoms with E-state index < -0.39 is 30.7 Å². The fourth-order valence-electron chi connectivity index (χ4n) is 1.47. The predicted molar refractivity (Wildman–Crippen MR) is 47.5 cm³/mol. The van der Waals surface area contributed by atoms with E-state index in [0.717, 1.165) is 12.8 Å². The Morgan fingerprint density at radius 1 is 1.43 bits per heavy atom. The van der Waals surface area contributed by atoms with Gasteiger partial charge in [-0.3, -0.25) is 4.79 Å². The van der Waals surface area contributed by atoms with Gasteiger partial charge in [0.25, 0.3) is 0 Å². The summed E-state index contributed by atoms with van der Waals surface area (Å²) in [7, 11) is 0. The number of hydrogen-bond donors (Lipinski definition) is 4. The standard InChI is InChI=1S/C9H16O5/c10-4-7(12)8(13)9(14,5-11)3-6-1-2-6/h6,8,10-11,13-14H,1-5H2. The first-order valence-corrected chi connectivity index (χ1v) is 4.68. The molecule has 5 nitrogen and oxygen atoms in total. The summed E-state index contributed by atoms with van der Waals surface area (Å²) in [5, 5.41) is 36.6. The molecule has 0 saturated heterocycles. The summed E-state index contributed by atoms with van der Waals surface area (Å²) in [5.41, 5.74) is -1.79. The second-order valence-electron chi connectivity index (χ2n) is 3.94. The van der Waals surface area contributed by atoms with Gasteiger partial charge in [-0.25, -0.2) is 0 Å². The van der Waals surface area contributed by atoms with Crippen LogP contribution in [0, 0.1) is 5.92 Å². The minimum Gasteiger partial charge on any atom is -0.393 e. The first-order chi connectivity index (χ1) is 6.53. The van der Waals surface area contributed by atoms with Crippen LogP contribution in [0.2, 0.25) is 0 Å². The van der Waals surface area contributed by atoms with Crippen LogP contribution in [0.4, 0.5) is 0 Å². The van der Waals surface area contributed by atoms with Gasteiger partial charge in [-0.1, -0.05) is 12.8 Å². The number of rotatable bonds is 6. The molecule has 1 aliphatic carbocycles. The summed E-state index contributed by atoms with van der Waals surface area (Å²) in [6, 6.07) is 0. The van der Waals surface area contributed by atoms with Crippen LogP contribution in [-0.4, -0.2) is 51.1 Å².